The highest BCUT2D eigenvalue weighted by Crippen LogP contribution is 2.33. The number of anilines is 1. The van der Waals surface area contributed by atoms with Crippen LogP contribution in [0.15, 0.2) is 41.5 Å². The molecule has 0 saturated heterocycles. The predicted molar refractivity (Wildman–Crippen MR) is 122 cm³/mol. The molecule has 0 unspecified atom stereocenters. The predicted octanol–water partition coefficient (Wildman–Crippen LogP) is 3.89. The molecule has 0 aliphatic rings. The molecule has 3 aromatic rings. The molecule has 1 heterocycles. The van der Waals surface area contributed by atoms with Gasteiger partial charge in [-0.05, 0) is 36.2 Å². The van der Waals surface area contributed by atoms with Crippen molar-refractivity contribution in [1.29, 1.82) is 0 Å². The van der Waals surface area contributed by atoms with Crippen LogP contribution in [0.5, 0.6) is 11.5 Å². The Kier molecular flexibility index (Phi) is 8.05. The number of hydrogen-bond donors (Lipinski definition) is 2. The third-order valence-electron chi connectivity index (χ3n) is 3.90. The number of nitrogen functional groups attached to an aromatic ring is 1. The lowest BCUT2D eigenvalue weighted by Crippen LogP contribution is -2.19. The Balaban J connectivity index is 1.50. The van der Waals surface area contributed by atoms with Gasteiger partial charge in [0.05, 0.1) is 22.7 Å². The standard InChI is InChI=1S/C20H19Cl2N5O3S/c1-12-4-2-3-5-16(12)29-6-7-30-19-14(21)8-13(9-15(19)22)11-24-25-17(28)10-18-26-27-20(23)31-18/h2-5,8-9,11H,6-7,10H2,1H3,(H2,23,27)(H,25,28)/b24-11-. The zero-order valence-corrected chi connectivity index (χ0v) is 18.8. The Labute approximate surface area is 193 Å². The summed E-state index contributed by atoms with van der Waals surface area (Å²) in [5.74, 6) is 0.802. The van der Waals surface area contributed by atoms with Crippen LogP contribution in [0.3, 0.4) is 0 Å². The summed E-state index contributed by atoms with van der Waals surface area (Å²) in [5, 5.41) is 12.8. The second-order valence-corrected chi connectivity index (χ2v) is 8.19. The number of hydrogen-bond acceptors (Lipinski definition) is 8. The number of hydrazone groups is 1. The van der Waals surface area contributed by atoms with Gasteiger partial charge in [0, 0.05) is 0 Å². The van der Waals surface area contributed by atoms with Gasteiger partial charge in [-0.2, -0.15) is 5.10 Å². The van der Waals surface area contributed by atoms with E-state index >= 15 is 0 Å². The Morgan fingerprint density at radius 3 is 2.58 bits per heavy atom. The minimum Gasteiger partial charge on any atom is -0.490 e. The van der Waals surface area contributed by atoms with Gasteiger partial charge in [-0.3, -0.25) is 4.79 Å². The summed E-state index contributed by atoms with van der Waals surface area (Å²) in [6.45, 7) is 2.58. The second-order valence-electron chi connectivity index (χ2n) is 6.28. The first kappa shape index (κ1) is 22.8. The van der Waals surface area contributed by atoms with Crippen molar-refractivity contribution in [1.82, 2.24) is 15.6 Å². The van der Waals surface area contributed by atoms with Gasteiger partial charge >= 0.3 is 0 Å². The fraction of sp³-hybridized carbons (Fsp3) is 0.200. The summed E-state index contributed by atoms with van der Waals surface area (Å²) in [6.07, 6.45) is 1.46. The van der Waals surface area contributed by atoms with Crippen molar-refractivity contribution < 1.29 is 14.3 Å². The van der Waals surface area contributed by atoms with E-state index in [1.807, 2.05) is 31.2 Å². The molecule has 11 heteroatoms. The Bertz CT molecular complexity index is 1070. The normalized spacial score (nSPS) is 10.9. The fourth-order valence-electron chi connectivity index (χ4n) is 2.50. The van der Waals surface area contributed by atoms with Crippen molar-refractivity contribution in [2.75, 3.05) is 18.9 Å². The van der Waals surface area contributed by atoms with Crippen LogP contribution in [0.1, 0.15) is 16.1 Å². The van der Waals surface area contributed by atoms with Crippen LogP contribution < -0.4 is 20.6 Å². The van der Waals surface area contributed by atoms with E-state index in [-0.39, 0.29) is 18.9 Å². The lowest BCUT2D eigenvalue weighted by atomic mass is 10.2. The molecule has 3 N–H and O–H groups in total. The van der Waals surface area contributed by atoms with Crippen molar-refractivity contribution in [3.8, 4) is 11.5 Å². The molecule has 8 nitrogen and oxygen atoms in total. The fourth-order valence-corrected chi connectivity index (χ4v) is 3.72. The first-order chi connectivity index (χ1) is 14.9. The summed E-state index contributed by atoms with van der Waals surface area (Å²) >= 11 is 13.7. The quantitative estimate of drug-likeness (QED) is 0.273. The van der Waals surface area contributed by atoms with Crippen LogP contribution in [-0.2, 0) is 11.2 Å². The molecule has 0 aliphatic carbocycles. The summed E-state index contributed by atoms with van der Waals surface area (Å²) in [7, 11) is 0. The van der Waals surface area contributed by atoms with E-state index in [1.165, 1.54) is 6.21 Å². The van der Waals surface area contributed by atoms with Crippen molar-refractivity contribution in [2.24, 2.45) is 5.10 Å². The number of nitrogens with one attached hydrogen (secondary N) is 1. The third kappa shape index (κ3) is 6.81. The molecule has 1 aromatic heterocycles. The number of nitrogens with two attached hydrogens (primary N) is 1. The molecule has 0 spiro atoms. The average molecular weight is 480 g/mol. The number of ether oxygens (including phenoxy) is 2. The highest BCUT2D eigenvalue weighted by molar-refractivity contribution is 7.15. The molecular formula is C20H19Cl2N5O3S. The van der Waals surface area contributed by atoms with E-state index in [0.717, 1.165) is 22.6 Å². The monoisotopic (exact) mass is 479 g/mol. The lowest BCUT2D eigenvalue weighted by molar-refractivity contribution is -0.120. The summed E-state index contributed by atoms with van der Waals surface area (Å²) in [5.41, 5.74) is 9.52. The molecule has 1 amide bonds. The highest BCUT2D eigenvalue weighted by Gasteiger charge is 2.10. The number of para-hydroxylation sites is 1. The third-order valence-corrected chi connectivity index (χ3v) is 5.21. The van der Waals surface area contributed by atoms with Crippen LogP contribution in [0.2, 0.25) is 10.0 Å². The number of aryl methyl sites for hydroxylation is 1. The largest absolute Gasteiger partial charge is 0.490 e. The van der Waals surface area contributed by atoms with E-state index in [9.17, 15) is 4.79 Å². The number of nitrogens with zero attached hydrogens (tertiary/aromatic N) is 3. The zero-order chi connectivity index (χ0) is 22.2. The number of aromatic nitrogens is 2. The van der Waals surface area contributed by atoms with Crippen LogP contribution in [0, 0.1) is 6.92 Å². The smallest absolute Gasteiger partial charge is 0.247 e. The summed E-state index contributed by atoms with van der Waals surface area (Å²) in [6, 6.07) is 11.0. The molecule has 2 aromatic carbocycles. The van der Waals surface area contributed by atoms with E-state index in [2.05, 4.69) is 20.7 Å². The number of carbonyl (C=O) groups excluding carboxylic acids is 1. The molecule has 0 atom stereocenters. The minimum absolute atomic E-state index is 0.0328. The van der Waals surface area contributed by atoms with Gasteiger partial charge in [0.25, 0.3) is 0 Å². The first-order valence-electron chi connectivity index (χ1n) is 9.12. The molecule has 3 rings (SSSR count). The summed E-state index contributed by atoms with van der Waals surface area (Å²) < 4.78 is 11.4. The van der Waals surface area contributed by atoms with Crippen LogP contribution in [0.4, 0.5) is 5.13 Å². The molecule has 0 fully saturated rings. The first-order valence-corrected chi connectivity index (χ1v) is 10.7. The molecule has 31 heavy (non-hydrogen) atoms. The van der Waals surface area contributed by atoms with Crippen LogP contribution in [0.25, 0.3) is 0 Å². The van der Waals surface area contributed by atoms with Gasteiger partial charge in [0.1, 0.15) is 24.0 Å². The number of halogens is 2. The SMILES string of the molecule is Cc1ccccc1OCCOc1c(Cl)cc(/C=N\NC(=O)Cc2nnc(N)s2)cc1Cl. The van der Waals surface area contributed by atoms with E-state index in [4.69, 9.17) is 38.4 Å². The van der Waals surface area contributed by atoms with E-state index in [0.29, 0.717) is 38.1 Å². The van der Waals surface area contributed by atoms with E-state index < -0.39 is 0 Å². The van der Waals surface area contributed by atoms with Gasteiger partial charge in [-0.25, -0.2) is 5.43 Å². The maximum absolute atomic E-state index is 11.9. The van der Waals surface area contributed by atoms with Crippen molar-refractivity contribution in [3.63, 3.8) is 0 Å². The van der Waals surface area contributed by atoms with E-state index in [1.54, 1.807) is 12.1 Å². The van der Waals surface area contributed by atoms with Gasteiger partial charge < -0.3 is 15.2 Å². The Morgan fingerprint density at radius 1 is 1.19 bits per heavy atom. The number of amides is 1. The number of benzene rings is 2. The van der Waals surface area contributed by atoms with Crippen LogP contribution >= 0.6 is 34.5 Å². The van der Waals surface area contributed by atoms with Crippen molar-refractivity contribution >= 4 is 51.8 Å². The maximum atomic E-state index is 11.9. The maximum Gasteiger partial charge on any atom is 0.247 e. The topological polar surface area (TPSA) is 112 Å². The molecule has 0 radical (unpaired) electrons. The number of carbonyl (C=O) groups is 1. The van der Waals surface area contributed by atoms with Gasteiger partial charge in [-0.15, -0.1) is 10.2 Å². The molecule has 0 bridgehead atoms. The Hall–Kier alpha value is -2.88. The van der Waals surface area contributed by atoms with Crippen molar-refractivity contribution in [2.45, 2.75) is 13.3 Å². The molecule has 0 saturated carbocycles. The van der Waals surface area contributed by atoms with Gasteiger partial charge in [-0.1, -0.05) is 52.7 Å². The molecular weight excluding hydrogens is 461 g/mol. The number of rotatable bonds is 9. The van der Waals surface area contributed by atoms with Gasteiger partial charge in [0.2, 0.25) is 11.0 Å². The second kappa shape index (κ2) is 10.9. The molecule has 0 aliphatic heterocycles. The average Bonchev–Trinajstić information content (AvgIpc) is 3.12. The lowest BCUT2D eigenvalue weighted by Gasteiger charge is -2.12. The minimum atomic E-state index is -0.349. The summed E-state index contributed by atoms with van der Waals surface area (Å²) in [4.78, 5) is 11.9. The van der Waals surface area contributed by atoms with Crippen LogP contribution in [-0.4, -0.2) is 35.5 Å². The zero-order valence-electron chi connectivity index (χ0n) is 16.5. The Morgan fingerprint density at radius 2 is 1.90 bits per heavy atom. The molecule has 162 valence electrons. The van der Waals surface area contributed by atoms with Crippen molar-refractivity contribution in [3.05, 3.63) is 62.6 Å². The highest BCUT2D eigenvalue weighted by atomic mass is 35.5. The van der Waals surface area contributed by atoms with Gasteiger partial charge in [0.15, 0.2) is 5.75 Å².